The zero-order valence-electron chi connectivity index (χ0n) is 13.1. The van der Waals surface area contributed by atoms with Crippen molar-refractivity contribution in [2.45, 2.75) is 0 Å². The minimum atomic E-state index is -0.214. The van der Waals surface area contributed by atoms with Gasteiger partial charge in [0.25, 0.3) is 5.91 Å². The second-order valence-corrected chi connectivity index (χ2v) is 5.87. The summed E-state index contributed by atoms with van der Waals surface area (Å²) in [7, 11) is 0. The molecule has 2 aromatic carbocycles. The van der Waals surface area contributed by atoms with Crippen molar-refractivity contribution in [1.29, 1.82) is 0 Å². The number of aromatic nitrogens is 6. The number of imidazole rings is 1. The number of para-hydroxylation sites is 2. The van der Waals surface area contributed by atoms with Gasteiger partial charge in [-0.15, -0.1) is 0 Å². The Hall–Kier alpha value is -3.81. The molecule has 7 nitrogen and oxygen atoms in total. The second kappa shape index (κ2) is 4.85. The molecule has 5 aromatic rings. The van der Waals surface area contributed by atoms with Crippen LogP contribution in [0.2, 0.25) is 0 Å². The van der Waals surface area contributed by atoms with Crippen molar-refractivity contribution < 1.29 is 9.50 Å². The van der Waals surface area contributed by atoms with E-state index in [0.29, 0.717) is 28.2 Å². The van der Waals surface area contributed by atoms with Crippen molar-refractivity contribution in [3.8, 4) is 11.5 Å². The first-order valence-electron chi connectivity index (χ1n) is 7.75. The second-order valence-electron chi connectivity index (χ2n) is 5.87. The van der Waals surface area contributed by atoms with Gasteiger partial charge in [-0.05, 0) is 24.3 Å². The summed E-state index contributed by atoms with van der Waals surface area (Å²) in [5.41, 5.74) is 5.33. The van der Waals surface area contributed by atoms with Crippen molar-refractivity contribution in [2.75, 3.05) is 0 Å². The molecule has 0 fully saturated rings. The lowest BCUT2D eigenvalue weighted by Gasteiger charge is -2.02. The number of hydrogen-bond acceptors (Lipinski definition) is 6. The fraction of sp³-hybridized carbons (Fsp3) is 0. The predicted octanol–water partition coefficient (Wildman–Crippen LogP) is -0.404. The molecule has 0 atom stereocenters. The molecule has 0 unspecified atom stereocenters. The summed E-state index contributed by atoms with van der Waals surface area (Å²) in [5, 5.41) is 0. The quantitative estimate of drug-likeness (QED) is 0.349. The van der Waals surface area contributed by atoms with Crippen LogP contribution in [-0.4, -0.2) is 35.4 Å². The molecule has 0 spiro atoms. The van der Waals surface area contributed by atoms with Crippen molar-refractivity contribution in [3.05, 3.63) is 54.5 Å². The predicted molar refractivity (Wildman–Crippen MR) is 91.1 cm³/mol. The summed E-state index contributed by atoms with van der Waals surface area (Å²) in [6, 6.07) is 11.4. The minimum Gasteiger partial charge on any atom is -1.00 e. The number of carbonyl (C=O) groups excluding carboxylic acids is 1. The number of hydrogen-bond donors (Lipinski definition) is 0. The van der Waals surface area contributed by atoms with Crippen molar-refractivity contribution in [1.82, 2.24) is 29.5 Å². The molecule has 0 saturated heterocycles. The molecule has 0 radical (unpaired) electrons. The normalized spacial score (nSPS) is 12.4. The highest BCUT2D eigenvalue weighted by Gasteiger charge is 2.32. The Labute approximate surface area is 144 Å². The van der Waals surface area contributed by atoms with Gasteiger partial charge in [0, 0.05) is 12.4 Å². The fourth-order valence-electron chi connectivity index (χ4n) is 3.32. The summed E-state index contributed by atoms with van der Waals surface area (Å²) in [6.45, 7) is 0. The molecule has 1 aliphatic rings. The van der Waals surface area contributed by atoms with E-state index in [-0.39, 0.29) is 10.6 Å². The molecule has 0 amide bonds. The van der Waals surface area contributed by atoms with E-state index in [1.165, 1.54) is 6.20 Å². The Morgan fingerprint density at radius 2 is 1.38 bits per heavy atom. The number of rotatable bonds is 0. The van der Waals surface area contributed by atoms with Gasteiger partial charge < -0.3 is 4.70 Å². The van der Waals surface area contributed by atoms with E-state index in [2.05, 4.69) is 24.9 Å². The largest absolute Gasteiger partial charge is 1.00 e. The lowest BCUT2D eigenvalue weighted by Crippen LogP contribution is -3.00. The molecule has 124 valence electrons. The first kappa shape index (κ1) is 14.5. The van der Waals surface area contributed by atoms with Crippen LogP contribution in [0.5, 0.6) is 0 Å². The van der Waals surface area contributed by atoms with Crippen LogP contribution in [0, 0.1) is 0 Å². The van der Waals surface area contributed by atoms with Crippen LogP contribution in [0.25, 0.3) is 44.6 Å². The van der Waals surface area contributed by atoms with Gasteiger partial charge in [0.2, 0.25) is 0 Å². The van der Waals surface area contributed by atoms with Crippen LogP contribution in [0.1, 0.15) is 10.5 Å². The van der Waals surface area contributed by atoms with Gasteiger partial charge in [0.15, 0.2) is 11.5 Å². The third-order valence-corrected chi connectivity index (χ3v) is 4.43. The lowest BCUT2D eigenvalue weighted by molar-refractivity contribution is -0.0000133. The highest BCUT2D eigenvalue weighted by molar-refractivity contribution is 6.11. The van der Waals surface area contributed by atoms with E-state index in [4.69, 9.17) is 0 Å². The summed E-state index contributed by atoms with van der Waals surface area (Å²) in [5.74, 6) is 0.302. The van der Waals surface area contributed by atoms with Crippen molar-refractivity contribution in [3.63, 3.8) is 0 Å². The fourth-order valence-corrected chi connectivity index (χ4v) is 3.32. The monoisotopic (exact) mass is 343 g/mol. The summed E-state index contributed by atoms with van der Waals surface area (Å²) in [6.07, 6.45) is 3.08. The van der Waals surface area contributed by atoms with Gasteiger partial charge in [-0.25, -0.2) is 24.9 Å². The molecule has 8 heteroatoms. The summed E-state index contributed by atoms with van der Waals surface area (Å²) >= 11 is 0. The smallest absolute Gasteiger partial charge is 0.285 e. The molecule has 1 aliphatic heterocycles. The number of benzene rings is 2. The van der Waals surface area contributed by atoms with Gasteiger partial charge >= 0.3 is 0 Å². The topological polar surface area (TPSA) is 86.4 Å². The Morgan fingerprint density at radius 1 is 0.731 bits per heavy atom. The van der Waals surface area contributed by atoms with E-state index >= 15 is 0 Å². The van der Waals surface area contributed by atoms with Crippen molar-refractivity contribution >= 4 is 39.0 Å². The Morgan fingerprint density at radius 3 is 2.12 bits per heavy atom. The molecular weight excluding hydrogens is 335 g/mol. The SMILES string of the molecule is O=C1c2nccnc2-c2nc3cc4nc5ccccc5nc4cc3n21.[F-]. The highest BCUT2D eigenvalue weighted by Crippen LogP contribution is 2.33. The Balaban J connectivity index is 0.00000150. The van der Waals surface area contributed by atoms with Crippen LogP contribution < -0.4 is 4.70 Å². The van der Waals surface area contributed by atoms with Crippen LogP contribution >= 0.6 is 0 Å². The zero-order valence-corrected chi connectivity index (χ0v) is 13.1. The standard InChI is InChI=1S/C18H8N6O.FH/c25-18-16-15(19-5-6-20-16)17-23-13-7-11-12(8-14(13)24(17)18)22-10-4-2-1-3-9(10)21-11;/h1-8H;1H/p-1. The third-order valence-electron chi connectivity index (χ3n) is 4.43. The van der Waals surface area contributed by atoms with Gasteiger partial charge in [-0.2, -0.15) is 0 Å². The number of halogens is 1. The molecule has 0 saturated carbocycles. The average molecular weight is 343 g/mol. The van der Waals surface area contributed by atoms with Crippen molar-refractivity contribution in [2.24, 2.45) is 0 Å². The molecule has 26 heavy (non-hydrogen) atoms. The maximum absolute atomic E-state index is 12.7. The van der Waals surface area contributed by atoms with Gasteiger partial charge in [-0.1, -0.05) is 12.1 Å². The Kier molecular flexibility index (Phi) is 2.71. The van der Waals surface area contributed by atoms with E-state index in [0.717, 1.165) is 22.1 Å². The average Bonchev–Trinajstić information content (AvgIpc) is 3.14. The van der Waals surface area contributed by atoms with E-state index in [9.17, 15) is 4.79 Å². The number of nitrogens with zero attached hydrogens (tertiary/aromatic N) is 6. The molecule has 0 N–H and O–H groups in total. The first-order chi connectivity index (χ1) is 12.3. The maximum Gasteiger partial charge on any atom is 0.285 e. The van der Waals surface area contributed by atoms with Crippen LogP contribution in [0.15, 0.2) is 48.8 Å². The van der Waals surface area contributed by atoms with E-state index in [1.54, 1.807) is 10.8 Å². The number of carbonyl (C=O) groups is 1. The van der Waals surface area contributed by atoms with Crippen LogP contribution in [-0.2, 0) is 0 Å². The highest BCUT2D eigenvalue weighted by atomic mass is 19.0. The molecule has 0 aliphatic carbocycles. The summed E-state index contributed by atoms with van der Waals surface area (Å²) < 4.78 is 1.55. The van der Waals surface area contributed by atoms with Crippen LogP contribution in [0.3, 0.4) is 0 Å². The van der Waals surface area contributed by atoms with E-state index in [1.807, 2.05) is 36.4 Å². The number of fused-ring (bicyclic) bond motifs is 7. The first-order valence-corrected chi connectivity index (χ1v) is 7.75. The molecule has 6 rings (SSSR count). The van der Waals surface area contributed by atoms with Gasteiger partial charge in [0.05, 0.1) is 33.1 Å². The van der Waals surface area contributed by atoms with Gasteiger partial charge in [-0.3, -0.25) is 9.36 Å². The maximum atomic E-state index is 12.7. The molecule has 4 heterocycles. The molecule has 3 aromatic heterocycles. The molecule has 0 bridgehead atoms. The van der Waals surface area contributed by atoms with Gasteiger partial charge in [0.1, 0.15) is 5.69 Å². The van der Waals surface area contributed by atoms with E-state index < -0.39 is 0 Å². The minimum absolute atomic E-state index is 0. The molecular formula is C18H8FN6O-. The third kappa shape index (κ3) is 1.70. The summed E-state index contributed by atoms with van der Waals surface area (Å²) in [4.78, 5) is 35.0. The zero-order chi connectivity index (χ0) is 16.5. The Bertz CT molecular complexity index is 1380. The lowest BCUT2D eigenvalue weighted by atomic mass is 10.2. The van der Waals surface area contributed by atoms with Crippen LogP contribution in [0.4, 0.5) is 0 Å².